The molecule has 3 atom stereocenters. The largest absolute Gasteiger partial charge is 0.382 e. The standard InChI is InChI=1S/C16H22N2/c1-11-3-4-14(9-12(11)2)18-15-5-6-16-13(10-15)7-8-17-16/h5-8,10-12,14,17-18H,3-4,9H2,1-2H3. The average molecular weight is 242 g/mol. The molecule has 1 aliphatic carbocycles. The maximum atomic E-state index is 3.70. The van der Waals surface area contributed by atoms with E-state index in [2.05, 4.69) is 48.4 Å². The Bertz CT molecular complexity index is 529. The molecule has 1 aromatic carbocycles. The molecule has 0 saturated heterocycles. The van der Waals surface area contributed by atoms with Crippen molar-refractivity contribution in [1.82, 2.24) is 4.98 Å². The fraction of sp³-hybridized carbons (Fsp3) is 0.500. The van der Waals surface area contributed by atoms with E-state index in [0.29, 0.717) is 6.04 Å². The lowest BCUT2D eigenvalue weighted by Crippen LogP contribution is -2.30. The van der Waals surface area contributed by atoms with Crippen LogP contribution in [0.2, 0.25) is 0 Å². The van der Waals surface area contributed by atoms with Crippen LogP contribution >= 0.6 is 0 Å². The summed E-state index contributed by atoms with van der Waals surface area (Å²) in [5, 5.41) is 4.99. The van der Waals surface area contributed by atoms with Crippen LogP contribution in [0.4, 0.5) is 5.69 Å². The van der Waals surface area contributed by atoms with Crippen molar-refractivity contribution in [3.05, 3.63) is 30.5 Å². The fourth-order valence-electron chi connectivity index (χ4n) is 3.06. The zero-order valence-electron chi connectivity index (χ0n) is 11.2. The molecule has 1 aromatic heterocycles. The molecule has 2 heteroatoms. The molecule has 1 saturated carbocycles. The van der Waals surface area contributed by atoms with Gasteiger partial charge in [-0.3, -0.25) is 0 Å². The van der Waals surface area contributed by atoms with Crippen molar-refractivity contribution >= 4 is 16.6 Å². The van der Waals surface area contributed by atoms with Crippen molar-refractivity contribution < 1.29 is 0 Å². The van der Waals surface area contributed by atoms with E-state index in [1.807, 2.05) is 6.20 Å². The van der Waals surface area contributed by atoms with Crippen LogP contribution in [0.5, 0.6) is 0 Å². The molecule has 1 heterocycles. The molecule has 3 rings (SSSR count). The molecular formula is C16H22N2. The number of benzene rings is 1. The Morgan fingerprint density at radius 2 is 2.00 bits per heavy atom. The summed E-state index contributed by atoms with van der Waals surface area (Å²) in [7, 11) is 0. The van der Waals surface area contributed by atoms with Gasteiger partial charge in [-0.2, -0.15) is 0 Å². The second kappa shape index (κ2) is 4.68. The normalized spacial score (nSPS) is 28.4. The Balaban J connectivity index is 1.72. The average Bonchev–Trinajstić information content (AvgIpc) is 2.81. The first-order chi connectivity index (χ1) is 8.72. The number of hydrogen-bond acceptors (Lipinski definition) is 1. The van der Waals surface area contributed by atoms with Crippen LogP contribution in [0.15, 0.2) is 30.5 Å². The maximum absolute atomic E-state index is 3.70. The maximum Gasteiger partial charge on any atom is 0.0455 e. The van der Waals surface area contributed by atoms with E-state index >= 15 is 0 Å². The zero-order valence-corrected chi connectivity index (χ0v) is 11.2. The van der Waals surface area contributed by atoms with Crippen molar-refractivity contribution in [1.29, 1.82) is 0 Å². The van der Waals surface area contributed by atoms with Gasteiger partial charge in [0.2, 0.25) is 0 Å². The number of fused-ring (bicyclic) bond motifs is 1. The second-order valence-corrected chi connectivity index (χ2v) is 5.89. The Kier molecular flexibility index (Phi) is 3.02. The van der Waals surface area contributed by atoms with Gasteiger partial charge in [0.15, 0.2) is 0 Å². The molecule has 2 N–H and O–H groups in total. The Morgan fingerprint density at radius 1 is 1.11 bits per heavy atom. The van der Waals surface area contributed by atoms with Gasteiger partial charge in [-0.15, -0.1) is 0 Å². The van der Waals surface area contributed by atoms with Crippen LogP contribution in [0.3, 0.4) is 0 Å². The van der Waals surface area contributed by atoms with Crippen LogP contribution in [-0.4, -0.2) is 11.0 Å². The number of aromatic nitrogens is 1. The van der Waals surface area contributed by atoms with E-state index in [4.69, 9.17) is 0 Å². The SMILES string of the molecule is CC1CCC(Nc2ccc3[nH]ccc3c2)CC1C. The number of aromatic amines is 1. The van der Waals surface area contributed by atoms with Gasteiger partial charge >= 0.3 is 0 Å². The lowest BCUT2D eigenvalue weighted by molar-refractivity contribution is 0.261. The van der Waals surface area contributed by atoms with Crippen LogP contribution in [0, 0.1) is 11.8 Å². The molecule has 2 nitrogen and oxygen atoms in total. The minimum atomic E-state index is 0.646. The van der Waals surface area contributed by atoms with E-state index in [9.17, 15) is 0 Å². The first kappa shape index (κ1) is 11.6. The van der Waals surface area contributed by atoms with Crippen molar-refractivity contribution in [3.63, 3.8) is 0 Å². The summed E-state index contributed by atoms with van der Waals surface area (Å²) >= 11 is 0. The lowest BCUT2D eigenvalue weighted by atomic mass is 9.79. The van der Waals surface area contributed by atoms with Gasteiger partial charge in [0.25, 0.3) is 0 Å². The minimum absolute atomic E-state index is 0.646. The van der Waals surface area contributed by atoms with Crippen LogP contribution in [-0.2, 0) is 0 Å². The third kappa shape index (κ3) is 2.24. The molecule has 2 aromatic rings. The zero-order chi connectivity index (χ0) is 12.5. The van der Waals surface area contributed by atoms with E-state index < -0.39 is 0 Å². The van der Waals surface area contributed by atoms with Gasteiger partial charge in [-0.05, 0) is 55.4 Å². The molecule has 1 fully saturated rings. The summed E-state index contributed by atoms with van der Waals surface area (Å²) in [6.45, 7) is 4.76. The van der Waals surface area contributed by atoms with Gasteiger partial charge in [0, 0.05) is 28.8 Å². The van der Waals surface area contributed by atoms with Gasteiger partial charge in [0.1, 0.15) is 0 Å². The molecular weight excluding hydrogens is 220 g/mol. The van der Waals surface area contributed by atoms with Crippen molar-refractivity contribution in [3.8, 4) is 0 Å². The van der Waals surface area contributed by atoms with E-state index in [1.165, 1.54) is 35.9 Å². The lowest BCUT2D eigenvalue weighted by Gasteiger charge is -2.33. The third-order valence-electron chi connectivity index (χ3n) is 4.52. The molecule has 3 unspecified atom stereocenters. The summed E-state index contributed by atoms with van der Waals surface area (Å²) in [4.78, 5) is 3.24. The molecule has 0 radical (unpaired) electrons. The molecule has 0 amide bonds. The molecule has 0 aliphatic heterocycles. The highest BCUT2D eigenvalue weighted by Crippen LogP contribution is 2.31. The van der Waals surface area contributed by atoms with Crippen molar-refractivity contribution in [2.75, 3.05) is 5.32 Å². The Hall–Kier alpha value is -1.44. The van der Waals surface area contributed by atoms with Crippen molar-refractivity contribution in [2.45, 2.75) is 39.2 Å². The second-order valence-electron chi connectivity index (χ2n) is 5.89. The monoisotopic (exact) mass is 242 g/mol. The summed E-state index contributed by atoms with van der Waals surface area (Å²) < 4.78 is 0. The fourth-order valence-corrected chi connectivity index (χ4v) is 3.06. The quantitative estimate of drug-likeness (QED) is 0.802. The summed E-state index contributed by atoms with van der Waals surface area (Å²) in [5.41, 5.74) is 2.47. The number of anilines is 1. The highest BCUT2D eigenvalue weighted by molar-refractivity contribution is 5.83. The predicted octanol–water partition coefficient (Wildman–Crippen LogP) is 4.40. The van der Waals surface area contributed by atoms with E-state index in [-0.39, 0.29) is 0 Å². The molecule has 0 bridgehead atoms. The third-order valence-corrected chi connectivity index (χ3v) is 4.52. The van der Waals surface area contributed by atoms with Gasteiger partial charge in [0.05, 0.1) is 0 Å². The van der Waals surface area contributed by atoms with E-state index in [0.717, 1.165) is 11.8 Å². The number of rotatable bonds is 2. The van der Waals surface area contributed by atoms with E-state index in [1.54, 1.807) is 0 Å². The Labute approximate surface area is 109 Å². The highest BCUT2D eigenvalue weighted by Gasteiger charge is 2.24. The number of nitrogens with one attached hydrogen (secondary N) is 2. The first-order valence-corrected chi connectivity index (χ1v) is 7.06. The van der Waals surface area contributed by atoms with Crippen LogP contribution in [0.25, 0.3) is 10.9 Å². The number of H-pyrrole nitrogens is 1. The smallest absolute Gasteiger partial charge is 0.0455 e. The number of hydrogen-bond donors (Lipinski definition) is 2. The summed E-state index contributed by atoms with van der Waals surface area (Å²) in [6, 6.07) is 9.36. The topological polar surface area (TPSA) is 27.8 Å². The molecule has 96 valence electrons. The molecule has 1 aliphatic rings. The van der Waals surface area contributed by atoms with Gasteiger partial charge in [-0.1, -0.05) is 13.8 Å². The van der Waals surface area contributed by atoms with Gasteiger partial charge in [-0.25, -0.2) is 0 Å². The van der Waals surface area contributed by atoms with Crippen LogP contribution in [0.1, 0.15) is 33.1 Å². The van der Waals surface area contributed by atoms with Crippen LogP contribution < -0.4 is 5.32 Å². The summed E-state index contributed by atoms with van der Waals surface area (Å²) in [5.74, 6) is 1.72. The molecule has 0 spiro atoms. The first-order valence-electron chi connectivity index (χ1n) is 7.06. The minimum Gasteiger partial charge on any atom is -0.382 e. The van der Waals surface area contributed by atoms with Crippen molar-refractivity contribution in [2.24, 2.45) is 11.8 Å². The summed E-state index contributed by atoms with van der Waals surface area (Å²) in [6.07, 6.45) is 5.95. The molecule has 18 heavy (non-hydrogen) atoms. The predicted molar refractivity (Wildman–Crippen MR) is 77.9 cm³/mol. The Morgan fingerprint density at radius 3 is 2.83 bits per heavy atom. The van der Waals surface area contributed by atoms with Gasteiger partial charge < -0.3 is 10.3 Å². The highest BCUT2D eigenvalue weighted by atomic mass is 14.9.